The molecule has 1 aromatic heterocycles. The van der Waals surface area contributed by atoms with Crippen LogP contribution in [-0.4, -0.2) is 37.2 Å². The molecule has 2 heterocycles. The molecule has 1 aromatic rings. The molecule has 1 aliphatic heterocycles. The van der Waals surface area contributed by atoms with Crippen molar-refractivity contribution in [2.24, 2.45) is 0 Å². The van der Waals surface area contributed by atoms with Crippen molar-refractivity contribution in [3.8, 4) is 5.75 Å². The minimum absolute atomic E-state index is 0.126. The summed E-state index contributed by atoms with van der Waals surface area (Å²) in [6, 6.07) is 0. The van der Waals surface area contributed by atoms with Gasteiger partial charge in [-0.3, -0.25) is 9.59 Å². The Labute approximate surface area is 102 Å². The Kier molecular flexibility index (Phi) is 3.05. The normalized spacial score (nSPS) is 13.6. The van der Waals surface area contributed by atoms with Gasteiger partial charge in [0.25, 0.3) is 5.91 Å². The van der Waals surface area contributed by atoms with Gasteiger partial charge in [0, 0.05) is 19.3 Å². The molecule has 0 saturated carbocycles. The van der Waals surface area contributed by atoms with E-state index in [2.05, 4.69) is 10.1 Å². The van der Waals surface area contributed by atoms with Crippen molar-refractivity contribution in [3.63, 3.8) is 0 Å². The molecule has 1 N–H and O–H groups in total. The van der Waals surface area contributed by atoms with Crippen molar-refractivity contribution in [1.82, 2.24) is 9.88 Å². The lowest BCUT2D eigenvalue weighted by molar-refractivity contribution is 0.0596. The monoisotopic (exact) mass is 252 g/mol. The summed E-state index contributed by atoms with van der Waals surface area (Å²) in [5.74, 6) is -1.29. The van der Waals surface area contributed by atoms with E-state index in [1.54, 1.807) is 0 Å². The van der Waals surface area contributed by atoms with Gasteiger partial charge in [-0.2, -0.15) is 0 Å². The number of amides is 1. The van der Waals surface area contributed by atoms with Gasteiger partial charge in [-0.05, 0) is 0 Å². The van der Waals surface area contributed by atoms with E-state index in [9.17, 15) is 14.4 Å². The van der Waals surface area contributed by atoms with Crippen LogP contribution >= 0.6 is 0 Å². The van der Waals surface area contributed by atoms with Crippen molar-refractivity contribution in [2.45, 2.75) is 6.54 Å². The van der Waals surface area contributed by atoms with Crippen LogP contribution in [0.5, 0.6) is 5.75 Å². The largest absolute Gasteiger partial charge is 0.491 e. The Morgan fingerprint density at radius 3 is 2.72 bits per heavy atom. The maximum Gasteiger partial charge on any atom is 0.343 e. The summed E-state index contributed by atoms with van der Waals surface area (Å²) in [6.45, 7) is 0.889. The van der Waals surface area contributed by atoms with E-state index in [-0.39, 0.29) is 17.0 Å². The third kappa shape index (κ3) is 1.73. The van der Waals surface area contributed by atoms with E-state index < -0.39 is 17.3 Å². The van der Waals surface area contributed by atoms with Crippen molar-refractivity contribution < 1.29 is 19.1 Å². The summed E-state index contributed by atoms with van der Waals surface area (Å²) < 4.78 is 11.0. The van der Waals surface area contributed by atoms with Crippen molar-refractivity contribution in [2.75, 3.05) is 20.8 Å². The fourth-order valence-corrected chi connectivity index (χ4v) is 1.87. The van der Waals surface area contributed by atoms with E-state index in [4.69, 9.17) is 4.74 Å². The first-order chi connectivity index (χ1) is 8.60. The average Bonchev–Trinajstić information content (AvgIpc) is 2.38. The van der Waals surface area contributed by atoms with Gasteiger partial charge >= 0.3 is 5.97 Å². The Hall–Kier alpha value is -2.31. The lowest BCUT2D eigenvalue weighted by atomic mass is 10.1. The van der Waals surface area contributed by atoms with E-state index >= 15 is 0 Å². The Morgan fingerprint density at radius 1 is 1.39 bits per heavy atom. The second-order valence-corrected chi connectivity index (χ2v) is 3.69. The number of carbonyl (C=O) groups is 2. The van der Waals surface area contributed by atoms with E-state index in [1.807, 2.05) is 0 Å². The zero-order chi connectivity index (χ0) is 13.3. The first-order valence-electron chi connectivity index (χ1n) is 5.28. The minimum Gasteiger partial charge on any atom is -0.491 e. The smallest absolute Gasteiger partial charge is 0.343 e. The number of fused-ring (bicyclic) bond motifs is 1. The number of esters is 1. The van der Waals surface area contributed by atoms with Gasteiger partial charge in [-0.15, -0.1) is 0 Å². The maximum atomic E-state index is 12.0. The second kappa shape index (κ2) is 4.52. The molecule has 2 rings (SSSR count). The topological polar surface area (TPSA) is 86.6 Å². The SMILES string of the molecule is COC(=O)c1cn2c(c(OC)c1=O)C(=O)NCC2. The second-order valence-electron chi connectivity index (χ2n) is 3.69. The summed E-state index contributed by atoms with van der Waals surface area (Å²) in [6.07, 6.45) is 1.32. The first-order valence-corrected chi connectivity index (χ1v) is 5.28. The average molecular weight is 252 g/mol. The van der Waals surface area contributed by atoms with Gasteiger partial charge in [0.05, 0.1) is 14.2 Å². The van der Waals surface area contributed by atoms with Crippen LogP contribution < -0.4 is 15.5 Å². The molecular weight excluding hydrogens is 240 g/mol. The van der Waals surface area contributed by atoms with Gasteiger partial charge in [0.2, 0.25) is 5.43 Å². The van der Waals surface area contributed by atoms with Crippen molar-refractivity contribution >= 4 is 11.9 Å². The van der Waals surface area contributed by atoms with Crippen LogP contribution in [0.1, 0.15) is 20.8 Å². The van der Waals surface area contributed by atoms with Crippen LogP contribution in [0.3, 0.4) is 0 Å². The zero-order valence-corrected chi connectivity index (χ0v) is 9.98. The van der Waals surface area contributed by atoms with Crippen LogP contribution in [-0.2, 0) is 11.3 Å². The van der Waals surface area contributed by atoms with E-state index in [1.165, 1.54) is 25.0 Å². The number of carbonyl (C=O) groups excluding carboxylic acids is 2. The molecule has 0 radical (unpaired) electrons. The highest BCUT2D eigenvalue weighted by Crippen LogP contribution is 2.17. The highest BCUT2D eigenvalue weighted by molar-refractivity contribution is 5.97. The number of aromatic nitrogens is 1. The van der Waals surface area contributed by atoms with Crippen LogP contribution in [0.15, 0.2) is 11.0 Å². The molecule has 1 amide bonds. The molecule has 0 aliphatic carbocycles. The Balaban J connectivity index is 2.73. The number of methoxy groups -OCH3 is 2. The third-order valence-corrected chi connectivity index (χ3v) is 2.70. The van der Waals surface area contributed by atoms with Crippen molar-refractivity contribution in [1.29, 1.82) is 0 Å². The van der Waals surface area contributed by atoms with Gasteiger partial charge in [-0.25, -0.2) is 4.79 Å². The van der Waals surface area contributed by atoms with Gasteiger partial charge < -0.3 is 19.4 Å². The molecule has 0 spiro atoms. The predicted octanol–water partition coefficient (Wildman–Crippen LogP) is -0.613. The molecule has 0 fully saturated rings. The van der Waals surface area contributed by atoms with E-state index in [0.29, 0.717) is 13.1 Å². The lowest BCUT2D eigenvalue weighted by Crippen LogP contribution is -2.39. The highest BCUT2D eigenvalue weighted by atomic mass is 16.5. The molecule has 1 aliphatic rings. The third-order valence-electron chi connectivity index (χ3n) is 2.70. The number of hydrogen-bond donors (Lipinski definition) is 1. The molecular formula is C11H12N2O5. The molecule has 18 heavy (non-hydrogen) atoms. The van der Waals surface area contributed by atoms with Gasteiger partial charge in [0.1, 0.15) is 5.56 Å². The zero-order valence-electron chi connectivity index (χ0n) is 9.98. The van der Waals surface area contributed by atoms with Gasteiger partial charge in [-0.1, -0.05) is 0 Å². The van der Waals surface area contributed by atoms with Crippen LogP contribution in [0, 0.1) is 0 Å². The molecule has 96 valence electrons. The number of pyridine rings is 1. The van der Waals surface area contributed by atoms with E-state index in [0.717, 1.165) is 0 Å². The fourth-order valence-electron chi connectivity index (χ4n) is 1.87. The van der Waals surface area contributed by atoms with Crippen molar-refractivity contribution in [3.05, 3.63) is 27.7 Å². The first kappa shape index (κ1) is 12.2. The summed E-state index contributed by atoms with van der Waals surface area (Å²) in [7, 11) is 2.46. The number of nitrogens with one attached hydrogen (secondary N) is 1. The maximum absolute atomic E-state index is 12.0. The number of hydrogen-bond acceptors (Lipinski definition) is 5. The number of rotatable bonds is 2. The highest BCUT2D eigenvalue weighted by Gasteiger charge is 2.27. The predicted molar refractivity (Wildman–Crippen MR) is 60.9 cm³/mol. The minimum atomic E-state index is -0.750. The molecule has 0 atom stereocenters. The van der Waals surface area contributed by atoms with Crippen LogP contribution in [0.4, 0.5) is 0 Å². The number of ether oxygens (including phenoxy) is 2. The molecule has 0 aromatic carbocycles. The lowest BCUT2D eigenvalue weighted by Gasteiger charge is -2.21. The summed E-state index contributed by atoms with van der Waals surface area (Å²) in [4.78, 5) is 35.2. The molecule has 0 saturated heterocycles. The molecule has 7 heteroatoms. The molecule has 7 nitrogen and oxygen atoms in total. The summed E-state index contributed by atoms with van der Waals surface area (Å²) in [5.41, 5.74) is -0.665. The fraction of sp³-hybridized carbons (Fsp3) is 0.364. The molecule has 0 unspecified atom stereocenters. The van der Waals surface area contributed by atoms with Gasteiger partial charge in [0.15, 0.2) is 11.4 Å². The molecule has 0 bridgehead atoms. The standard InChI is InChI=1S/C11H12N2O5/c1-17-9-7-10(15)12-3-4-13(7)5-6(8(9)14)11(16)18-2/h5H,3-4H2,1-2H3,(H,12,15). The Morgan fingerprint density at radius 2 is 2.11 bits per heavy atom. The summed E-state index contributed by atoms with van der Waals surface area (Å²) in [5, 5.41) is 2.61. The Bertz CT molecular complexity index is 576. The quantitative estimate of drug-likeness (QED) is 0.709. The van der Waals surface area contributed by atoms with Crippen LogP contribution in [0.2, 0.25) is 0 Å². The summed E-state index contributed by atoms with van der Waals surface area (Å²) >= 11 is 0. The van der Waals surface area contributed by atoms with Crippen LogP contribution in [0.25, 0.3) is 0 Å². The number of nitrogens with zero attached hydrogens (tertiary/aromatic N) is 1.